The van der Waals surface area contributed by atoms with Gasteiger partial charge in [-0.2, -0.15) is 15.0 Å². The Labute approximate surface area is 182 Å². The highest BCUT2D eigenvalue weighted by Gasteiger charge is 2.16. The molecule has 3 aromatic rings. The fourth-order valence-electron chi connectivity index (χ4n) is 2.95. The number of rotatable bonds is 7. The molecular weight excluding hydrogens is 448 g/mol. The van der Waals surface area contributed by atoms with Crippen molar-refractivity contribution in [2.75, 3.05) is 13.7 Å². The van der Waals surface area contributed by atoms with E-state index in [1.165, 1.54) is 18.0 Å². The van der Waals surface area contributed by atoms with Crippen LogP contribution in [0.15, 0.2) is 50.8 Å². The highest BCUT2D eigenvalue weighted by Crippen LogP contribution is 2.30. The third kappa shape index (κ3) is 4.36. The second-order valence-corrected chi connectivity index (χ2v) is 7.54. The lowest BCUT2D eigenvalue weighted by Gasteiger charge is -2.14. The van der Waals surface area contributed by atoms with Gasteiger partial charge in [0.1, 0.15) is 11.9 Å². The van der Waals surface area contributed by atoms with E-state index >= 15 is 0 Å². The number of nitriles is 1. The average Bonchev–Trinajstić information content (AvgIpc) is 2.76. The van der Waals surface area contributed by atoms with Gasteiger partial charge in [-0.05, 0) is 36.8 Å². The van der Waals surface area contributed by atoms with Crippen LogP contribution in [0, 0.1) is 11.3 Å². The lowest BCUT2D eigenvalue weighted by Crippen LogP contribution is -2.23. The van der Waals surface area contributed by atoms with E-state index in [-0.39, 0.29) is 18.1 Å². The second kappa shape index (κ2) is 9.55. The number of ether oxygens (including phenoxy) is 2. The van der Waals surface area contributed by atoms with Crippen molar-refractivity contribution in [3.8, 4) is 17.6 Å². The van der Waals surface area contributed by atoms with E-state index in [2.05, 4.69) is 21.0 Å². The van der Waals surface area contributed by atoms with E-state index in [1.807, 2.05) is 32.0 Å². The summed E-state index contributed by atoms with van der Waals surface area (Å²) in [6.45, 7) is 3.91. The van der Waals surface area contributed by atoms with Crippen molar-refractivity contribution in [2.24, 2.45) is 5.10 Å². The highest BCUT2D eigenvalue weighted by atomic mass is 79.9. The van der Waals surface area contributed by atoms with Crippen LogP contribution in [0.3, 0.4) is 0 Å². The Kier molecular flexibility index (Phi) is 6.85. The molecule has 0 radical (unpaired) electrons. The van der Waals surface area contributed by atoms with Crippen molar-refractivity contribution >= 4 is 33.0 Å². The summed E-state index contributed by atoms with van der Waals surface area (Å²) in [6.07, 6.45) is 2.33. The third-order valence-electron chi connectivity index (χ3n) is 4.71. The number of nitrogens with zero attached hydrogens (tertiary/aromatic N) is 4. The number of halogens is 1. The molecule has 8 heteroatoms. The van der Waals surface area contributed by atoms with Crippen molar-refractivity contribution < 1.29 is 9.47 Å². The normalized spacial score (nSPS) is 12.1. The summed E-state index contributed by atoms with van der Waals surface area (Å²) in [6, 6.07) is 12.7. The van der Waals surface area contributed by atoms with Gasteiger partial charge < -0.3 is 9.47 Å². The quantitative estimate of drug-likeness (QED) is 0.477. The van der Waals surface area contributed by atoms with Crippen LogP contribution in [-0.2, 0) is 0 Å². The maximum Gasteiger partial charge on any atom is 0.282 e. The Morgan fingerprint density at radius 1 is 1.37 bits per heavy atom. The van der Waals surface area contributed by atoms with Crippen LogP contribution in [0.1, 0.15) is 37.6 Å². The van der Waals surface area contributed by atoms with Crippen LogP contribution in [-0.4, -0.2) is 29.6 Å². The molecule has 0 saturated heterocycles. The SMILES string of the molecule is CC[C@H](C)c1nc2ccc(Br)cc2c(=O)n1N=Cc1cccc(OC)c1OCC#N. The standard InChI is InChI=1S/C22H21BrN4O3/c1-4-14(2)21-26-18-9-8-16(23)12-17(18)22(28)27(21)25-13-15-6-5-7-19(29-3)20(15)30-11-10-24/h5-9,12-14H,4,11H2,1-3H3/t14-/m0/s1. The summed E-state index contributed by atoms with van der Waals surface area (Å²) in [7, 11) is 1.52. The smallest absolute Gasteiger partial charge is 0.282 e. The van der Waals surface area contributed by atoms with Gasteiger partial charge >= 0.3 is 0 Å². The van der Waals surface area contributed by atoms with Gasteiger partial charge in [0, 0.05) is 16.0 Å². The molecule has 2 aromatic carbocycles. The van der Waals surface area contributed by atoms with Crippen molar-refractivity contribution in [2.45, 2.75) is 26.2 Å². The number of hydrogen-bond acceptors (Lipinski definition) is 6. The fourth-order valence-corrected chi connectivity index (χ4v) is 3.31. The van der Waals surface area contributed by atoms with Gasteiger partial charge in [-0.15, -0.1) is 0 Å². The number of benzene rings is 2. The Morgan fingerprint density at radius 2 is 2.17 bits per heavy atom. The maximum absolute atomic E-state index is 13.2. The molecule has 30 heavy (non-hydrogen) atoms. The summed E-state index contributed by atoms with van der Waals surface area (Å²) in [5.41, 5.74) is 0.959. The van der Waals surface area contributed by atoms with Crippen LogP contribution < -0.4 is 15.0 Å². The minimum absolute atomic E-state index is 0.0301. The van der Waals surface area contributed by atoms with Gasteiger partial charge in [0.15, 0.2) is 18.1 Å². The number of methoxy groups -OCH3 is 1. The van der Waals surface area contributed by atoms with E-state index in [0.29, 0.717) is 33.8 Å². The molecule has 1 heterocycles. The Hall–Kier alpha value is -3.18. The predicted octanol–water partition coefficient (Wildman–Crippen LogP) is 4.47. The fraction of sp³-hybridized carbons (Fsp3) is 0.273. The van der Waals surface area contributed by atoms with Crippen LogP contribution in [0.2, 0.25) is 0 Å². The van der Waals surface area contributed by atoms with Crippen molar-refractivity contribution in [3.05, 3.63) is 62.6 Å². The summed E-state index contributed by atoms with van der Waals surface area (Å²) in [4.78, 5) is 17.9. The number of para-hydroxylation sites is 1. The van der Waals surface area contributed by atoms with Crippen LogP contribution in [0.5, 0.6) is 11.5 Å². The number of aromatic nitrogens is 2. The first kappa shape index (κ1) is 21.5. The van der Waals surface area contributed by atoms with Gasteiger partial charge in [-0.1, -0.05) is 35.8 Å². The molecule has 0 bridgehead atoms. The Balaban J connectivity index is 2.18. The first-order valence-electron chi connectivity index (χ1n) is 9.43. The zero-order chi connectivity index (χ0) is 21.7. The molecule has 0 unspecified atom stereocenters. The zero-order valence-corrected chi connectivity index (χ0v) is 18.5. The third-order valence-corrected chi connectivity index (χ3v) is 5.20. The molecule has 0 amide bonds. The highest BCUT2D eigenvalue weighted by molar-refractivity contribution is 9.10. The molecule has 3 rings (SSSR count). The molecule has 1 atom stereocenters. The van der Waals surface area contributed by atoms with Crippen LogP contribution >= 0.6 is 15.9 Å². The molecule has 0 saturated carbocycles. The molecule has 0 aliphatic rings. The van der Waals surface area contributed by atoms with Gasteiger partial charge in [0.2, 0.25) is 0 Å². The summed E-state index contributed by atoms with van der Waals surface area (Å²) in [5.74, 6) is 1.47. The van der Waals surface area contributed by atoms with E-state index < -0.39 is 0 Å². The van der Waals surface area contributed by atoms with Gasteiger partial charge in [0.25, 0.3) is 5.56 Å². The van der Waals surface area contributed by atoms with Gasteiger partial charge in [-0.25, -0.2) is 4.98 Å². The second-order valence-electron chi connectivity index (χ2n) is 6.63. The average molecular weight is 469 g/mol. The summed E-state index contributed by atoms with van der Waals surface area (Å²) < 4.78 is 13.0. The van der Waals surface area contributed by atoms with Crippen molar-refractivity contribution in [3.63, 3.8) is 0 Å². The van der Waals surface area contributed by atoms with Crippen molar-refractivity contribution in [1.29, 1.82) is 5.26 Å². The van der Waals surface area contributed by atoms with E-state index in [9.17, 15) is 4.79 Å². The van der Waals surface area contributed by atoms with Crippen LogP contribution in [0.25, 0.3) is 10.9 Å². The topological polar surface area (TPSA) is 89.5 Å². The molecular formula is C22H21BrN4O3. The minimum Gasteiger partial charge on any atom is -0.493 e. The number of hydrogen-bond donors (Lipinski definition) is 0. The lowest BCUT2D eigenvalue weighted by atomic mass is 10.1. The summed E-state index contributed by atoms with van der Waals surface area (Å²) in [5, 5.41) is 13.8. The van der Waals surface area contributed by atoms with E-state index in [4.69, 9.17) is 19.7 Å². The molecule has 1 aromatic heterocycles. The van der Waals surface area contributed by atoms with Crippen LogP contribution in [0.4, 0.5) is 0 Å². The molecule has 0 N–H and O–H groups in total. The monoisotopic (exact) mass is 468 g/mol. The molecule has 0 aliphatic carbocycles. The lowest BCUT2D eigenvalue weighted by molar-refractivity contribution is 0.329. The minimum atomic E-state index is -0.254. The largest absolute Gasteiger partial charge is 0.493 e. The predicted molar refractivity (Wildman–Crippen MR) is 120 cm³/mol. The number of fused-ring (bicyclic) bond motifs is 1. The molecule has 0 spiro atoms. The van der Waals surface area contributed by atoms with E-state index in [1.54, 1.807) is 24.3 Å². The molecule has 0 fully saturated rings. The van der Waals surface area contributed by atoms with Crippen molar-refractivity contribution in [1.82, 2.24) is 9.66 Å². The zero-order valence-electron chi connectivity index (χ0n) is 16.9. The van der Waals surface area contributed by atoms with Gasteiger partial charge in [-0.3, -0.25) is 4.79 Å². The summed E-state index contributed by atoms with van der Waals surface area (Å²) >= 11 is 3.41. The molecule has 0 aliphatic heterocycles. The first-order valence-corrected chi connectivity index (χ1v) is 10.2. The Morgan fingerprint density at radius 3 is 2.87 bits per heavy atom. The molecule has 7 nitrogen and oxygen atoms in total. The van der Waals surface area contributed by atoms with E-state index in [0.717, 1.165) is 10.9 Å². The van der Waals surface area contributed by atoms with Gasteiger partial charge in [0.05, 0.1) is 24.2 Å². The maximum atomic E-state index is 13.2. The Bertz CT molecular complexity index is 1200. The molecule has 154 valence electrons. The first-order chi connectivity index (χ1) is 14.5.